The Labute approximate surface area is 144 Å². The molecule has 0 saturated heterocycles. The molecule has 0 radical (unpaired) electrons. The Balaban J connectivity index is 2.03. The minimum atomic E-state index is -0.822. The normalized spacial score (nSPS) is 11.6. The Kier molecular flexibility index (Phi) is 6.32. The van der Waals surface area contributed by atoms with E-state index in [-0.39, 0.29) is 18.7 Å². The number of carbonyl (C=O) groups is 2. The van der Waals surface area contributed by atoms with Crippen LogP contribution in [0.25, 0.3) is 0 Å². The minimum absolute atomic E-state index is 0.0220. The highest BCUT2D eigenvalue weighted by Crippen LogP contribution is 2.12. The summed E-state index contributed by atoms with van der Waals surface area (Å²) in [6, 6.07) is 11.9. The highest BCUT2D eigenvalue weighted by atomic mass is 35.5. The van der Waals surface area contributed by atoms with Crippen LogP contribution in [0.15, 0.2) is 48.5 Å². The third-order valence-electron chi connectivity index (χ3n) is 3.43. The number of hydrogen-bond donors (Lipinski definition) is 1. The number of amides is 1. The molecule has 1 amide bonds. The average Bonchev–Trinajstić information content (AvgIpc) is 2.55. The number of halogens is 2. The smallest absolute Gasteiger partial charge is 0.328 e. The van der Waals surface area contributed by atoms with Crippen LogP contribution in [-0.4, -0.2) is 25.0 Å². The van der Waals surface area contributed by atoms with E-state index >= 15 is 0 Å². The summed E-state index contributed by atoms with van der Waals surface area (Å²) in [5, 5.41) is 3.22. The van der Waals surface area contributed by atoms with E-state index in [9.17, 15) is 14.0 Å². The first kappa shape index (κ1) is 17.9. The largest absolute Gasteiger partial charge is 0.467 e. The average molecular weight is 350 g/mol. The number of rotatable bonds is 6. The lowest BCUT2D eigenvalue weighted by Crippen LogP contribution is -2.43. The van der Waals surface area contributed by atoms with Gasteiger partial charge in [-0.05, 0) is 35.4 Å². The molecule has 2 rings (SSSR count). The van der Waals surface area contributed by atoms with Crippen molar-refractivity contribution in [1.82, 2.24) is 5.32 Å². The first-order chi connectivity index (χ1) is 11.5. The zero-order valence-electron chi connectivity index (χ0n) is 13.1. The van der Waals surface area contributed by atoms with Crippen LogP contribution in [0.4, 0.5) is 4.39 Å². The third kappa shape index (κ3) is 5.35. The van der Waals surface area contributed by atoms with Gasteiger partial charge >= 0.3 is 5.97 Å². The van der Waals surface area contributed by atoms with E-state index < -0.39 is 17.8 Å². The number of nitrogens with one attached hydrogen (secondary N) is 1. The molecule has 0 bridgehead atoms. The van der Waals surface area contributed by atoms with Gasteiger partial charge in [-0.2, -0.15) is 0 Å². The lowest BCUT2D eigenvalue weighted by atomic mass is 10.1. The molecule has 0 spiro atoms. The molecule has 0 aliphatic heterocycles. The van der Waals surface area contributed by atoms with Crippen LogP contribution in [-0.2, 0) is 27.2 Å². The van der Waals surface area contributed by atoms with Gasteiger partial charge in [0.05, 0.1) is 13.5 Å². The number of esters is 1. The lowest BCUT2D eigenvalue weighted by molar-refractivity contribution is -0.145. The van der Waals surface area contributed by atoms with Crippen LogP contribution >= 0.6 is 11.6 Å². The summed E-state index contributed by atoms with van der Waals surface area (Å²) in [5.74, 6) is -1.34. The van der Waals surface area contributed by atoms with Crippen molar-refractivity contribution < 1.29 is 18.7 Å². The van der Waals surface area contributed by atoms with Gasteiger partial charge in [-0.25, -0.2) is 9.18 Å². The highest BCUT2D eigenvalue weighted by Gasteiger charge is 2.22. The summed E-state index contributed by atoms with van der Waals surface area (Å²) in [5.41, 5.74) is 1.36. The van der Waals surface area contributed by atoms with E-state index in [1.54, 1.807) is 30.3 Å². The molecular weight excluding hydrogens is 333 g/mol. The number of ether oxygens (including phenoxy) is 1. The van der Waals surface area contributed by atoms with E-state index in [0.29, 0.717) is 10.6 Å². The molecule has 24 heavy (non-hydrogen) atoms. The number of carbonyl (C=O) groups excluding carboxylic acids is 2. The molecule has 2 aromatic rings. The van der Waals surface area contributed by atoms with Crippen molar-refractivity contribution in [3.05, 3.63) is 70.5 Å². The summed E-state index contributed by atoms with van der Waals surface area (Å²) in [7, 11) is 1.26. The fourth-order valence-corrected chi connectivity index (χ4v) is 2.40. The lowest BCUT2D eigenvalue weighted by Gasteiger charge is -2.17. The van der Waals surface area contributed by atoms with Gasteiger partial charge in [0.1, 0.15) is 11.9 Å². The second kappa shape index (κ2) is 8.45. The standard InChI is InChI=1S/C18H17ClFNO3/c1-24-18(23)16(10-12-5-7-14(19)8-6-12)21-17(22)11-13-3-2-4-15(20)9-13/h2-9,16H,10-11H2,1H3,(H,21,22)/t16-/m0/s1. The number of hydrogen-bond acceptors (Lipinski definition) is 3. The summed E-state index contributed by atoms with van der Waals surface area (Å²) in [6.45, 7) is 0. The van der Waals surface area contributed by atoms with Crippen molar-refractivity contribution in [2.24, 2.45) is 0 Å². The van der Waals surface area contributed by atoms with Crippen LogP contribution in [0.1, 0.15) is 11.1 Å². The summed E-state index contributed by atoms with van der Waals surface area (Å²) in [6.07, 6.45) is 0.255. The van der Waals surface area contributed by atoms with E-state index in [1.807, 2.05) is 0 Å². The van der Waals surface area contributed by atoms with E-state index in [1.165, 1.54) is 25.3 Å². The van der Waals surface area contributed by atoms with E-state index in [2.05, 4.69) is 5.32 Å². The molecule has 0 saturated carbocycles. The van der Waals surface area contributed by atoms with Gasteiger partial charge in [0.2, 0.25) is 5.91 Å². The maximum absolute atomic E-state index is 13.2. The van der Waals surface area contributed by atoms with Crippen molar-refractivity contribution in [3.8, 4) is 0 Å². The molecule has 1 atom stereocenters. The zero-order valence-corrected chi connectivity index (χ0v) is 13.8. The predicted octanol–water partition coefficient (Wildman–Crippen LogP) is 2.92. The van der Waals surface area contributed by atoms with Gasteiger partial charge in [-0.1, -0.05) is 35.9 Å². The Morgan fingerprint density at radius 1 is 1.17 bits per heavy atom. The number of benzene rings is 2. The molecule has 2 aromatic carbocycles. The Bertz CT molecular complexity index is 718. The number of methoxy groups -OCH3 is 1. The molecule has 0 aliphatic carbocycles. The fraction of sp³-hybridized carbons (Fsp3) is 0.222. The quantitative estimate of drug-likeness (QED) is 0.816. The van der Waals surface area contributed by atoms with Crippen LogP contribution < -0.4 is 5.32 Å². The van der Waals surface area contributed by atoms with Crippen molar-refractivity contribution in [3.63, 3.8) is 0 Å². The van der Waals surface area contributed by atoms with Crippen LogP contribution in [0.2, 0.25) is 5.02 Å². The molecule has 1 N–H and O–H groups in total. The second-order valence-electron chi connectivity index (χ2n) is 5.28. The van der Waals surface area contributed by atoms with Gasteiger partial charge in [0, 0.05) is 11.4 Å². The highest BCUT2D eigenvalue weighted by molar-refractivity contribution is 6.30. The van der Waals surface area contributed by atoms with Crippen LogP contribution in [0, 0.1) is 5.82 Å². The Morgan fingerprint density at radius 2 is 1.88 bits per heavy atom. The molecule has 126 valence electrons. The fourth-order valence-electron chi connectivity index (χ4n) is 2.27. The minimum Gasteiger partial charge on any atom is -0.467 e. The van der Waals surface area contributed by atoms with Gasteiger partial charge < -0.3 is 10.1 Å². The second-order valence-corrected chi connectivity index (χ2v) is 5.72. The maximum Gasteiger partial charge on any atom is 0.328 e. The molecule has 0 fully saturated rings. The first-order valence-electron chi connectivity index (χ1n) is 7.34. The Hall–Kier alpha value is -2.40. The summed E-state index contributed by atoms with van der Waals surface area (Å²) < 4.78 is 17.9. The van der Waals surface area contributed by atoms with Crippen molar-refractivity contribution in [2.45, 2.75) is 18.9 Å². The van der Waals surface area contributed by atoms with Gasteiger partial charge in [0.15, 0.2) is 0 Å². The molecule has 6 heteroatoms. The topological polar surface area (TPSA) is 55.4 Å². The molecule has 0 heterocycles. The molecule has 4 nitrogen and oxygen atoms in total. The Morgan fingerprint density at radius 3 is 2.50 bits per heavy atom. The van der Waals surface area contributed by atoms with Crippen molar-refractivity contribution in [2.75, 3.05) is 7.11 Å². The summed E-state index contributed by atoms with van der Waals surface area (Å²) in [4.78, 5) is 24.0. The van der Waals surface area contributed by atoms with E-state index in [0.717, 1.165) is 5.56 Å². The van der Waals surface area contributed by atoms with Crippen molar-refractivity contribution >= 4 is 23.5 Å². The molecular formula is C18H17ClFNO3. The summed E-state index contributed by atoms with van der Waals surface area (Å²) >= 11 is 5.83. The SMILES string of the molecule is COC(=O)[C@H](Cc1ccc(Cl)cc1)NC(=O)Cc1cccc(F)c1. The molecule has 0 aliphatic rings. The van der Waals surface area contributed by atoms with Crippen LogP contribution in [0.3, 0.4) is 0 Å². The van der Waals surface area contributed by atoms with Crippen LogP contribution in [0.5, 0.6) is 0 Å². The van der Waals surface area contributed by atoms with E-state index in [4.69, 9.17) is 16.3 Å². The predicted molar refractivity (Wildman–Crippen MR) is 89.2 cm³/mol. The monoisotopic (exact) mass is 349 g/mol. The zero-order chi connectivity index (χ0) is 17.5. The molecule has 0 unspecified atom stereocenters. The van der Waals surface area contributed by atoms with Gasteiger partial charge in [-0.3, -0.25) is 4.79 Å². The third-order valence-corrected chi connectivity index (χ3v) is 3.68. The van der Waals surface area contributed by atoms with Gasteiger partial charge in [0.25, 0.3) is 0 Å². The molecule has 0 aromatic heterocycles. The van der Waals surface area contributed by atoms with Gasteiger partial charge in [-0.15, -0.1) is 0 Å². The maximum atomic E-state index is 13.2. The van der Waals surface area contributed by atoms with Crippen molar-refractivity contribution in [1.29, 1.82) is 0 Å². The first-order valence-corrected chi connectivity index (χ1v) is 7.72.